The highest BCUT2D eigenvalue weighted by Crippen LogP contribution is 2.42. The van der Waals surface area contributed by atoms with Crippen molar-refractivity contribution in [1.29, 1.82) is 0 Å². The molecule has 0 aliphatic heterocycles. The first-order chi connectivity index (χ1) is 9.69. The number of benzene rings is 1. The molecule has 3 nitrogen and oxygen atoms in total. The normalized spacial score (nSPS) is 21.6. The van der Waals surface area contributed by atoms with Gasteiger partial charge in [-0.05, 0) is 46.1 Å². The molecule has 0 spiro atoms. The van der Waals surface area contributed by atoms with Crippen LogP contribution in [0.2, 0.25) is 0 Å². The van der Waals surface area contributed by atoms with Gasteiger partial charge in [-0.15, -0.1) is 0 Å². The lowest BCUT2D eigenvalue weighted by Gasteiger charge is -2.40. The van der Waals surface area contributed by atoms with Gasteiger partial charge in [-0.3, -0.25) is 14.4 Å². The zero-order valence-electron chi connectivity index (χ0n) is 13.1. The van der Waals surface area contributed by atoms with Crippen molar-refractivity contribution in [2.45, 2.75) is 40.5 Å². The Bertz CT molecular complexity index is 552. The highest BCUT2D eigenvalue weighted by molar-refractivity contribution is 6.28. The Morgan fingerprint density at radius 2 is 1.33 bits per heavy atom. The summed E-state index contributed by atoms with van der Waals surface area (Å²) in [4.78, 5) is 37.4. The lowest BCUT2D eigenvalue weighted by atomic mass is 9.58. The van der Waals surface area contributed by atoms with Gasteiger partial charge in [0, 0.05) is 0 Å². The van der Waals surface area contributed by atoms with Crippen LogP contribution in [0.15, 0.2) is 30.3 Å². The molecule has 0 radical (unpaired) electrons. The summed E-state index contributed by atoms with van der Waals surface area (Å²) in [7, 11) is 0. The van der Waals surface area contributed by atoms with Crippen LogP contribution in [0.3, 0.4) is 0 Å². The monoisotopic (exact) mass is 286 g/mol. The van der Waals surface area contributed by atoms with Crippen LogP contribution in [0.1, 0.15) is 39.7 Å². The smallest absolute Gasteiger partial charge is 0.158 e. The SMILES string of the molecule is CC1(C)C(=O)C(CCc2ccccc2)C(=O)C(C)(C)C1=O. The Labute approximate surface area is 125 Å². The van der Waals surface area contributed by atoms with Gasteiger partial charge >= 0.3 is 0 Å². The number of carbonyl (C=O) groups is 3. The second-order valence-corrected chi connectivity index (χ2v) is 6.88. The molecule has 1 saturated carbocycles. The fourth-order valence-electron chi connectivity index (χ4n) is 3.21. The fourth-order valence-corrected chi connectivity index (χ4v) is 3.21. The van der Waals surface area contributed by atoms with E-state index in [1.165, 1.54) is 0 Å². The van der Waals surface area contributed by atoms with Gasteiger partial charge in [-0.25, -0.2) is 0 Å². The second-order valence-electron chi connectivity index (χ2n) is 6.88. The van der Waals surface area contributed by atoms with E-state index in [0.717, 1.165) is 5.56 Å². The molecule has 2 rings (SSSR count). The molecular weight excluding hydrogens is 264 g/mol. The lowest BCUT2D eigenvalue weighted by Crippen LogP contribution is -2.57. The minimum absolute atomic E-state index is 0.229. The molecular formula is C18H22O3. The van der Waals surface area contributed by atoms with E-state index < -0.39 is 16.7 Å². The van der Waals surface area contributed by atoms with Gasteiger partial charge in [0.1, 0.15) is 0 Å². The van der Waals surface area contributed by atoms with Crippen LogP contribution in [-0.4, -0.2) is 17.3 Å². The minimum atomic E-state index is -1.07. The quantitative estimate of drug-likeness (QED) is 0.803. The van der Waals surface area contributed by atoms with Gasteiger partial charge in [0.05, 0.1) is 16.7 Å². The number of Topliss-reactive ketones (excluding diaryl/α,β-unsaturated/α-hetero) is 3. The Hall–Kier alpha value is -1.77. The highest BCUT2D eigenvalue weighted by atomic mass is 16.2. The molecule has 1 aromatic rings. The third-order valence-corrected chi connectivity index (χ3v) is 4.56. The first-order valence-electron chi connectivity index (χ1n) is 7.36. The van der Waals surface area contributed by atoms with E-state index in [-0.39, 0.29) is 17.3 Å². The molecule has 0 bridgehead atoms. The summed E-state index contributed by atoms with van der Waals surface area (Å²) in [6.45, 7) is 6.56. The zero-order valence-corrected chi connectivity index (χ0v) is 13.1. The number of aryl methyl sites for hydroxylation is 1. The third kappa shape index (κ3) is 2.57. The second kappa shape index (κ2) is 5.21. The van der Waals surface area contributed by atoms with Gasteiger partial charge in [0.15, 0.2) is 17.3 Å². The van der Waals surface area contributed by atoms with Crippen LogP contribution in [0.25, 0.3) is 0 Å². The summed E-state index contributed by atoms with van der Waals surface area (Å²) in [6.07, 6.45) is 1.14. The predicted molar refractivity (Wildman–Crippen MR) is 80.8 cm³/mol. The summed E-state index contributed by atoms with van der Waals surface area (Å²) in [5, 5.41) is 0. The van der Waals surface area contributed by atoms with Gasteiger partial charge in [-0.2, -0.15) is 0 Å². The van der Waals surface area contributed by atoms with E-state index in [9.17, 15) is 14.4 Å². The molecule has 0 heterocycles. The lowest BCUT2D eigenvalue weighted by molar-refractivity contribution is -0.160. The summed E-state index contributed by atoms with van der Waals surface area (Å²) in [6, 6.07) is 9.79. The number of hydrogen-bond acceptors (Lipinski definition) is 3. The van der Waals surface area contributed by atoms with Crippen molar-refractivity contribution in [3.8, 4) is 0 Å². The molecule has 0 aromatic heterocycles. The van der Waals surface area contributed by atoms with E-state index in [0.29, 0.717) is 12.8 Å². The van der Waals surface area contributed by atoms with Gasteiger partial charge in [0.2, 0.25) is 0 Å². The summed E-state index contributed by atoms with van der Waals surface area (Å²) in [5.41, 5.74) is -1.04. The molecule has 21 heavy (non-hydrogen) atoms. The summed E-state index contributed by atoms with van der Waals surface area (Å²) < 4.78 is 0. The maximum Gasteiger partial charge on any atom is 0.158 e. The Morgan fingerprint density at radius 1 is 0.857 bits per heavy atom. The van der Waals surface area contributed by atoms with Crippen molar-refractivity contribution in [3.63, 3.8) is 0 Å². The Kier molecular flexibility index (Phi) is 3.87. The van der Waals surface area contributed by atoms with Crippen LogP contribution < -0.4 is 0 Å². The molecule has 112 valence electrons. The number of carbonyl (C=O) groups excluding carboxylic acids is 3. The molecule has 1 fully saturated rings. The van der Waals surface area contributed by atoms with E-state index in [1.54, 1.807) is 27.7 Å². The van der Waals surface area contributed by atoms with E-state index in [1.807, 2.05) is 30.3 Å². The van der Waals surface area contributed by atoms with Gasteiger partial charge in [-0.1, -0.05) is 30.3 Å². The first-order valence-corrected chi connectivity index (χ1v) is 7.36. The predicted octanol–water partition coefficient (Wildman–Crippen LogP) is 3.01. The van der Waals surface area contributed by atoms with Crippen molar-refractivity contribution >= 4 is 17.3 Å². The fraction of sp³-hybridized carbons (Fsp3) is 0.500. The molecule has 0 N–H and O–H groups in total. The third-order valence-electron chi connectivity index (χ3n) is 4.56. The Morgan fingerprint density at radius 3 is 1.81 bits per heavy atom. The van der Waals surface area contributed by atoms with Crippen molar-refractivity contribution in [2.24, 2.45) is 16.7 Å². The van der Waals surface area contributed by atoms with Crippen LogP contribution in [-0.2, 0) is 20.8 Å². The van der Waals surface area contributed by atoms with Gasteiger partial charge in [0.25, 0.3) is 0 Å². The largest absolute Gasteiger partial charge is 0.298 e. The maximum atomic E-state index is 12.5. The first kappa shape index (κ1) is 15.6. The molecule has 0 saturated heterocycles. The molecule has 0 atom stereocenters. The molecule has 1 aliphatic rings. The maximum absolute atomic E-state index is 12.5. The van der Waals surface area contributed by atoms with E-state index in [2.05, 4.69) is 0 Å². The number of rotatable bonds is 3. The van der Waals surface area contributed by atoms with E-state index >= 15 is 0 Å². The van der Waals surface area contributed by atoms with Crippen molar-refractivity contribution in [2.75, 3.05) is 0 Å². The average molecular weight is 286 g/mol. The summed E-state index contributed by atoms with van der Waals surface area (Å²) in [5.74, 6) is -1.39. The Balaban J connectivity index is 2.24. The average Bonchev–Trinajstić information content (AvgIpc) is 2.46. The molecule has 0 amide bonds. The standard InChI is InChI=1S/C18H22O3/c1-17(2)14(19)13(15(20)18(3,4)16(17)21)11-10-12-8-6-5-7-9-12/h5-9,13H,10-11H2,1-4H3. The zero-order chi connectivity index (χ0) is 15.8. The molecule has 0 unspecified atom stereocenters. The van der Waals surface area contributed by atoms with Crippen molar-refractivity contribution in [1.82, 2.24) is 0 Å². The van der Waals surface area contributed by atoms with Crippen LogP contribution in [0.5, 0.6) is 0 Å². The van der Waals surface area contributed by atoms with Crippen LogP contribution in [0.4, 0.5) is 0 Å². The van der Waals surface area contributed by atoms with Gasteiger partial charge < -0.3 is 0 Å². The highest BCUT2D eigenvalue weighted by Gasteiger charge is 2.57. The van der Waals surface area contributed by atoms with Crippen LogP contribution >= 0.6 is 0 Å². The minimum Gasteiger partial charge on any atom is -0.298 e. The van der Waals surface area contributed by atoms with E-state index in [4.69, 9.17) is 0 Å². The molecule has 3 heteroatoms. The molecule has 1 aromatic carbocycles. The van der Waals surface area contributed by atoms with Crippen molar-refractivity contribution in [3.05, 3.63) is 35.9 Å². The van der Waals surface area contributed by atoms with Crippen LogP contribution in [0, 0.1) is 16.7 Å². The molecule has 1 aliphatic carbocycles. The number of ketones is 3. The van der Waals surface area contributed by atoms with Crippen molar-refractivity contribution < 1.29 is 14.4 Å². The number of hydrogen-bond donors (Lipinski definition) is 0. The summed E-state index contributed by atoms with van der Waals surface area (Å²) >= 11 is 0. The topological polar surface area (TPSA) is 51.2 Å².